The van der Waals surface area contributed by atoms with Crippen LogP contribution in [0.15, 0.2) is 11.5 Å². The highest BCUT2D eigenvalue weighted by Crippen LogP contribution is 2.08. The zero-order valence-electron chi connectivity index (χ0n) is 8.57. The van der Waals surface area contributed by atoms with Gasteiger partial charge >= 0.3 is 0 Å². The van der Waals surface area contributed by atoms with Crippen LogP contribution in [0.1, 0.15) is 24.5 Å². The first-order chi connectivity index (χ1) is 6.58. The first-order valence-electron chi connectivity index (χ1n) is 4.48. The Hall–Kier alpha value is -1.16. The summed E-state index contributed by atoms with van der Waals surface area (Å²) < 4.78 is 0. The number of carbonyl (C=O) groups excluding carboxylic acids is 1. The second kappa shape index (κ2) is 4.91. The van der Waals surface area contributed by atoms with E-state index in [0.29, 0.717) is 0 Å². The van der Waals surface area contributed by atoms with Gasteiger partial charge in [-0.2, -0.15) is 0 Å². The SMILES string of the molecule is Cc1nc(/C=C/C(=O)NC(C)C)cs1. The molecule has 0 bridgehead atoms. The lowest BCUT2D eigenvalue weighted by molar-refractivity contribution is -0.116. The predicted molar refractivity (Wildman–Crippen MR) is 59.2 cm³/mol. The molecule has 0 spiro atoms. The van der Waals surface area contributed by atoms with Crippen molar-refractivity contribution in [2.24, 2.45) is 0 Å². The normalized spacial score (nSPS) is 11.1. The van der Waals surface area contributed by atoms with Gasteiger partial charge in [-0.1, -0.05) is 0 Å². The number of thiazole rings is 1. The molecule has 0 aliphatic carbocycles. The third kappa shape index (κ3) is 3.70. The molecule has 0 unspecified atom stereocenters. The molecule has 1 rings (SSSR count). The Morgan fingerprint density at radius 2 is 2.36 bits per heavy atom. The summed E-state index contributed by atoms with van der Waals surface area (Å²) >= 11 is 1.58. The lowest BCUT2D eigenvalue weighted by atomic mass is 10.3. The lowest BCUT2D eigenvalue weighted by Gasteiger charge is -2.03. The molecule has 0 saturated heterocycles. The van der Waals surface area contributed by atoms with Crippen molar-refractivity contribution >= 4 is 23.3 Å². The van der Waals surface area contributed by atoms with Crippen LogP contribution in [0.2, 0.25) is 0 Å². The number of hydrogen-bond donors (Lipinski definition) is 1. The lowest BCUT2D eigenvalue weighted by Crippen LogP contribution is -2.28. The molecule has 14 heavy (non-hydrogen) atoms. The van der Waals surface area contributed by atoms with E-state index in [1.54, 1.807) is 17.4 Å². The van der Waals surface area contributed by atoms with Gasteiger partial charge < -0.3 is 5.32 Å². The van der Waals surface area contributed by atoms with Crippen LogP contribution in [0, 0.1) is 6.92 Å². The van der Waals surface area contributed by atoms with Crippen LogP contribution in [-0.4, -0.2) is 16.9 Å². The number of rotatable bonds is 3. The molecule has 0 aliphatic rings. The topological polar surface area (TPSA) is 42.0 Å². The van der Waals surface area contributed by atoms with Gasteiger partial charge in [0.15, 0.2) is 0 Å². The van der Waals surface area contributed by atoms with Crippen LogP contribution in [0.3, 0.4) is 0 Å². The fourth-order valence-corrected chi connectivity index (χ4v) is 1.53. The fourth-order valence-electron chi connectivity index (χ4n) is 0.950. The molecule has 0 radical (unpaired) electrons. The average molecular weight is 210 g/mol. The van der Waals surface area contributed by atoms with E-state index < -0.39 is 0 Å². The van der Waals surface area contributed by atoms with E-state index in [-0.39, 0.29) is 11.9 Å². The summed E-state index contributed by atoms with van der Waals surface area (Å²) in [7, 11) is 0. The van der Waals surface area contributed by atoms with Crippen LogP contribution < -0.4 is 5.32 Å². The molecule has 0 fully saturated rings. The van der Waals surface area contributed by atoms with E-state index in [4.69, 9.17) is 0 Å². The Balaban J connectivity index is 2.51. The maximum Gasteiger partial charge on any atom is 0.244 e. The van der Waals surface area contributed by atoms with E-state index in [1.165, 1.54) is 6.08 Å². The van der Waals surface area contributed by atoms with E-state index in [0.717, 1.165) is 10.7 Å². The summed E-state index contributed by atoms with van der Waals surface area (Å²) in [6.07, 6.45) is 3.23. The maximum absolute atomic E-state index is 11.2. The van der Waals surface area contributed by atoms with Gasteiger partial charge in [0.05, 0.1) is 10.7 Å². The molecule has 0 aromatic carbocycles. The Morgan fingerprint density at radius 1 is 1.64 bits per heavy atom. The minimum Gasteiger partial charge on any atom is -0.350 e. The van der Waals surface area contributed by atoms with Gasteiger partial charge in [0.1, 0.15) is 0 Å². The molecule has 0 saturated carbocycles. The van der Waals surface area contributed by atoms with Crippen LogP contribution in [0.25, 0.3) is 6.08 Å². The van der Waals surface area contributed by atoms with Crippen molar-refractivity contribution in [3.63, 3.8) is 0 Å². The second-order valence-electron chi connectivity index (χ2n) is 3.29. The highest BCUT2D eigenvalue weighted by atomic mass is 32.1. The molecule has 0 atom stereocenters. The van der Waals surface area contributed by atoms with Crippen LogP contribution in [0.4, 0.5) is 0 Å². The number of amides is 1. The fraction of sp³-hybridized carbons (Fsp3) is 0.400. The Labute approximate surface area is 87.9 Å². The van der Waals surface area contributed by atoms with Crippen LogP contribution in [-0.2, 0) is 4.79 Å². The number of nitrogens with one attached hydrogen (secondary N) is 1. The van der Waals surface area contributed by atoms with Crippen molar-refractivity contribution in [2.75, 3.05) is 0 Å². The Bertz CT molecular complexity index is 342. The van der Waals surface area contributed by atoms with Gasteiger partial charge in [0.2, 0.25) is 5.91 Å². The first kappa shape index (κ1) is 10.9. The molecular weight excluding hydrogens is 196 g/mol. The Kier molecular flexibility index (Phi) is 3.83. The summed E-state index contributed by atoms with van der Waals surface area (Å²) in [4.78, 5) is 15.4. The van der Waals surface area contributed by atoms with Gasteiger partial charge in [0.25, 0.3) is 0 Å². The molecule has 4 heteroatoms. The minimum atomic E-state index is -0.0781. The van der Waals surface area contributed by atoms with Gasteiger partial charge in [-0.05, 0) is 26.8 Å². The number of aromatic nitrogens is 1. The summed E-state index contributed by atoms with van der Waals surface area (Å²) in [5.74, 6) is -0.0781. The van der Waals surface area contributed by atoms with E-state index in [2.05, 4.69) is 10.3 Å². The van der Waals surface area contributed by atoms with Gasteiger partial charge in [-0.15, -0.1) is 11.3 Å². The quantitative estimate of drug-likeness (QED) is 0.775. The largest absolute Gasteiger partial charge is 0.350 e. The van der Waals surface area contributed by atoms with Crippen molar-refractivity contribution in [3.05, 3.63) is 22.2 Å². The van der Waals surface area contributed by atoms with Crippen molar-refractivity contribution < 1.29 is 4.79 Å². The second-order valence-corrected chi connectivity index (χ2v) is 4.35. The van der Waals surface area contributed by atoms with Gasteiger partial charge in [-0.25, -0.2) is 4.98 Å². The number of hydrogen-bond acceptors (Lipinski definition) is 3. The first-order valence-corrected chi connectivity index (χ1v) is 5.36. The molecule has 1 amide bonds. The van der Waals surface area contributed by atoms with E-state index in [1.807, 2.05) is 26.2 Å². The molecule has 1 heterocycles. The molecular formula is C10H14N2OS. The minimum absolute atomic E-state index is 0.0781. The molecule has 1 aromatic heterocycles. The summed E-state index contributed by atoms with van der Waals surface area (Å²) in [6.45, 7) is 5.80. The summed E-state index contributed by atoms with van der Waals surface area (Å²) in [5, 5.41) is 5.70. The monoisotopic (exact) mass is 210 g/mol. The maximum atomic E-state index is 11.2. The highest BCUT2D eigenvalue weighted by molar-refractivity contribution is 7.09. The van der Waals surface area contributed by atoms with Crippen molar-refractivity contribution in [2.45, 2.75) is 26.8 Å². The number of carbonyl (C=O) groups is 1. The van der Waals surface area contributed by atoms with E-state index in [9.17, 15) is 4.79 Å². The van der Waals surface area contributed by atoms with Crippen molar-refractivity contribution in [3.8, 4) is 0 Å². The summed E-state index contributed by atoms with van der Waals surface area (Å²) in [6, 6.07) is 0.171. The smallest absolute Gasteiger partial charge is 0.244 e. The summed E-state index contributed by atoms with van der Waals surface area (Å²) in [5.41, 5.74) is 0.839. The van der Waals surface area contributed by atoms with Crippen LogP contribution in [0.5, 0.6) is 0 Å². The average Bonchev–Trinajstić information content (AvgIpc) is 2.47. The van der Waals surface area contributed by atoms with E-state index >= 15 is 0 Å². The zero-order valence-corrected chi connectivity index (χ0v) is 9.39. The van der Waals surface area contributed by atoms with Gasteiger partial charge in [0, 0.05) is 17.5 Å². The third-order valence-corrected chi connectivity index (χ3v) is 2.26. The molecule has 3 nitrogen and oxygen atoms in total. The standard InChI is InChI=1S/C10H14N2OS/c1-7(2)11-10(13)5-4-9-6-14-8(3)12-9/h4-7H,1-3H3,(H,11,13)/b5-4+. The molecule has 1 N–H and O–H groups in total. The number of aryl methyl sites for hydroxylation is 1. The molecule has 76 valence electrons. The number of nitrogens with zero attached hydrogens (tertiary/aromatic N) is 1. The van der Waals surface area contributed by atoms with Crippen LogP contribution >= 0.6 is 11.3 Å². The van der Waals surface area contributed by atoms with Crippen molar-refractivity contribution in [1.29, 1.82) is 0 Å². The van der Waals surface area contributed by atoms with Crippen molar-refractivity contribution in [1.82, 2.24) is 10.3 Å². The highest BCUT2D eigenvalue weighted by Gasteiger charge is 1.98. The molecule has 0 aliphatic heterocycles. The zero-order chi connectivity index (χ0) is 10.6. The molecule has 1 aromatic rings. The van der Waals surface area contributed by atoms with Gasteiger partial charge in [-0.3, -0.25) is 4.79 Å². The third-order valence-electron chi connectivity index (χ3n) is 1.47. The Morgan fingerprint density at radius 3 is 2.86 bits per heavy atom. The predicted octanol–water partition coefficient (Wildman–Crippen LogP) is 1.99.